The van der Waals surface area contributed by atoms with E-state index in [1.807, 2.05) is 6.07 Å². The van der Waals surface area contributed by atoms with Crippen LogP contribution in [0, 0.1) is 11.7 Å². The summed E-state index contributed by atoms with van der Waals surface area (Å²) in [7, 11) is 0. The van der Waals surface area contributed by atoms with Gasteiger partial charge in [-0.3, -0.25) is 0 Å². The SMILES string of the molecule is NCC1CCOC1c1ccccc1F. The van der Waals surface area contributed by atoms with Crippen molar-refractivity contribution in [2.24, 2.45) is 11.7 Å². The second-order valence-corrected chi connectivity index (χ2v) is 3.60. The third-order valence-corrected chi connectivity index (χ3v) is 2.73. The van der Waals surface area contributed by atoms with Gasteiger partial charge in [-0.15, -0.1) is 0 Å². The first-order valence-electron chi connectivity index (χ1n) is 4.89. The average Bonchev–Trinajstić information content (AvgIpc) is 2.66. The van der Waals surface area contributed by atoms with Crippen molar-refractivity contribution in [2.45, 2.75) is 12.5 Å². The van der Waals surface area contributed by atoms with Crippen LogP contribution >= 0.6 is 0 Å². The van der Waals surface area contributed by atoms with Crippen molar-refractivity contribution in [3.8, 4) is 0 Å². The molecule has 2 nitrogen and oxygen atoms in total. The number of rotatable bonds is 2. The third-order valence-electron chi connectivity index (χ3n) is 2.73. The number of hydrogen-bond acceptors (Lipinski definition) is 2. The normalized spacial score (nSPS) is 26.7. The molecular weight excluding hydrogens is 181 g/mol. The molecule has 1 aliphatic heterocycles. The molecule has 1 saturated heterocycles. The van der Waals surface area contributed by atoms with E-state index >= 15 is 0 Å². The van der Waals surface area contributed by atoms with Crippen molar-refractivity contribution >= 4 is 0 Å². The maximum absolute atomic E-state index is 13.4. The predicted octanol–water partition coefficient (Wildman–Crippen LogP) is 1.86. The first-order valence-corrected chi connectivity index (χ1v) is 4.89. The van der Waals surface area contributed by atoms with Gasteiger partial charge in [0.05, 0.1) is 6.10 Å². The first kappa shape index (κ1) is 9.62. The fourth-order valence-electron chi connectivity index (χ4n) is 1.92. The van der Waals surface area contributed by atoms with E-state index in [-0.39, 0.29) is 17.8 Å². The molecule has 1 aromatic rings. The predicted molar refractivity (Wildman–Crippen MR) is 52.3 cm³/mol. The third kappa shape index (κ3) is 1.65. The Hall–Kier alpha value is -0.930. The smallest absolute Gasteiger partial charge is 0.129 e. The van der Waals surface area contributed by atoms with E-state index in [2.05, 4.69) is 0 Å². The van der Waals surface area contributed by atoms with Crippen LogP contribution in [0.1, 0.15) is 18.1 Å². The molecule has 0 aromatic heterocycles. The lowest BCUT2D eigenvalue weighted by molar-refractivity contribution is 0.0894. The molecule has 0 bridgehead atoms. The van der Waals surface area contributed by atoms with Crippen LogP contribution in [0.15, 0.2) is 24.3 Å². The van der Waals surface area contributed by atoms with E-state index in [1.165, 1.54) is 6.07 Å². The minimum absolute atomic E-state index is 0.152. The molecular formula is C11H14FNO. The Bertz CT molecular complexity index is 316. The highest BCUT2D eigenvalue weighted by atomic mass is 19.1. The minimum atomic E-state index is -0.196. The van der Waals surface area contributed by atoms with Gasteiger partial charge in [0.1, 0.15) is 5.82 Å². The van der Waals surface area contributed by atoms with Crippen molar-refractivity contribution in [3.05, 3.63) is 35.6 Å². The van der Waals surface area contributed by atoms with Gasteiger partial charge >= 0.3 is 0 Å². The number of nitrogens with two attached hydrogens (primary N) is 1. The molecule has 2 rings (SSSR count). The second-order valence-electron chi connectivity index (χ2n) is 3.60. The van der Waals surface area contributed by atoms with Crippen LogP contribution in [0.4, 0.5) is 4.39 Å². The Morgan fingerprint density at radius 3 is 2.93 bits per heavy atom. The number of hydrogen-bond donors (Lipinski definition) is 1. The van der Waals surface area contributed by atoms with E-state index in [0.29, 0.717) is 18.7 Å². The van der Waals surface area contributed by atoms with Crippen molar-refractivity contribution in [1.29, 1.82) is 0 Å². The Labute approximate surface area is 82.9 Å². The molecule has 0 saturated carbocycles. The monoisotopic (exact) mass is 195 g/mol. The second kappa shape index (κ2) is 4.07. The maximum atomic E-state index is 13.4. The fraction of sp³-hybridized carbons (Fsp3) is 0.455. The lowest BCUT2D eigenvalue weighted by Crippen LogP contribution is -2.18. The Morgan fingerprint density at radius 1 is 1.43 bits per heavy atom. The first-order chi connectivity index (χ1) is 6.83. The summed E-state index contributed by atoms with van der Waals surface area (Å²) in [6, 6.07) is 6.75. The van der Waals surface area contributed by atoms with E-state index < -0.39 is 0 Å². The molecule has 3 heteroatoms. The quantitative estimate of drug-likeness (QED) is 0.781. The molecule has 2 unspecified atom stereocenters. The van der Waals surface area contributed by atoms with Gasteiger partial charge in [-0.25, -0.2) is 4.39 Å². The Kier molecular flexibility index (Phi) is 2.79. The zero-order chi connectivity index (χ0) is 9.97. The summed E-state index contributed by atoms with van der Waals surface area (Å²) >= 11 is 0. The van der Waals surface area contributed by atoms with Gasteiger partial charge in [0.25, 0.3) is 0 Å². The summed E-state index contributed by atoms with van der Waals surface area (Å²) in [5, 5.41) is 0. The van der Waals surface area contributed by atoms with Crippen LogP contribution in [0.2, 0.25) is 0 Å². The lowest BCUT2D eigenvalue weighted by Gasteiger charge is -2.17. The van der Waals surface area contributed by atoms with Gasteiger partial charge in [0, 0.05) is 18.1 Å². The summed E-state index contributed by atoms with van der Waals surface area (Å²) in [6.45, 7) is 1.24. The Morgan fingerprint density at radius 2 is 2.21 bits per heavy atom. The molecule has 0 amide bonds. The zero-order valence-electron chi connectivity index (χ0n) is 7.95. The van der Waals surface area contributed by atoms with Crippen molar-refractivity contribution in [1.82, 2.24) is 0 Å². The van der Waals surface area contributed by atoms with Crippen LogP contribution in [0.3, 0.4) is 0 Å². The summed E-state index contributed by atoms with van der Waals surface area (Å²) in [4.78, 5) is 0. The Balaban J connectivity index is 2.26. The highest BCUT2D eigenvalue weighted by Gasteiger charge is 2.30. The van der Waals surface area contributed by atoms with Crippen molar-refractivity contribution in [2.75, 3.05) is 13.2 Å². The van der Waals surface area contributed by atoms with Gasteiger partial charge in [-0.2, -0.15) is 0 Å². The average molecular weight is 195 g/mol. The van der Waals surface area contributed by atoms with E-state index in [4.69, 9.17) is 10.5 Å². The maximum Gasteiger partial charge on any atom is 0.129 e. The van der Waals surface area contributed by atoms with Crippen LogP contribution in [0.25, 0.3) is 0 Å². The van der Waals surface area contributed by atoms with Crippen LogP contribution < -0.4 is 5.73 Å². The van der Waals surface area contributed by atoms with Crippen LogP contribution in [-0.2, 0) is 4.74 Å². The number of halogens is 1. The largest absolute Gasteiger partial charge is 0.373 e. The molecule has 1 heterocycles. The highest BCUT2D eigenvalue weighted by molar-refractivity contribution is 5.21. The molecule has 1 aliphatic rings. The van der Waals surface area contributed by atoms with Gasteiger partial charge in [0.15, 0.2) is 0 Å². The van der Waals surface area contributed by atoms with Crippen molar-refractivity contribution < 1.29 is 9.13 Å². The van der Waals surface area contributed by atoms with Gasteiger partial charge in [-0.05, 0) is 19.0 Å². The molecule has 0 aliphatic carbocycles. The standard InChI is InChI=1S/C11H14FNO/c12-10-4-2-1-3-9(10)11-8(7-13)5-6-14-11/h1-4,8,11H,5-7,13H2. The molecule has 76 valence electrons. The van der Waals surface area contributed by atoms with Crippen molar-refractivity contribution in [3.63, 3.8) is 0 Å². The summed E-state index contributed by atoms with van der Waals surface area (Å²) in [5.41, 5.74) is 6.25. The van der Waals surface area contributed by atoms with Gasteiger partial charge in [0.2, 0.25) is 0 Å². The van der Waals surface area contributed by atoms with E-state index in [9.17, 15) is 4.39 Å². The topological polar surface area (TPSA) is 35.2 Å². The van der Waals surface area contributed by atoms with Crippen LogP contribution in [0.5, 0.6) is 0 Å². The lowest BCUT2D eigenvalue weighted by atomic mass is 9.95. The molecule has 0 spiro atoms. The zero-order valence-corrected chi connectivity index (χ0v) is 7.95. The molecule has 1 fully saturated rings. The molecule has 14 heavy (non-hydrogen) atoms. The van der Waals surface area contributed by atoms with E-state index in [1.54, 1.807) is 12.1 Å². The molecule has 2 N–H and O–H groups in total. The number of benzene rings is 1. The summed E-state index contributed by atoms with van der Waals surface area (Å²) < 4.78 is 18.9. The van der Waals surface area contributed by atoms with Gasteiger partial charge in [-0.1, -0.05) is 18.2 Å². The fourth-order valence-corrected chi connectivity index (χ4v) is 1.92. The minimum Gasteiger partial charge on any atom is -0.373 e. The molecule has 1 aromatic carbocycles. The van der Waals surface area contributed by atoms with Crippen LogP contribution in [-0.4, -0.2) is 13.2 Å². The highest BCUT2D eigenvalue weighted by Crippen LogP contribution is 2.34. The number of ether oxygens (including phenoxy) is 1. The molecule has 2 atom stereocenters. The van der Waals surface area contributed by atoms with E-state index in [0.717, 1.165) is 6.42 Å². The van der Waals surface area contributed by atoms with Gasteiger partial charge < -0.3 is 10.5 Å². The summed E-state index contributed by atoms with van der Waals surface area (Å²) in [5.74, 6) is 0.0600. The summed E-state index contributed by atoms with van der Waals surface area (Å²) in [6.07, 6.45) is 0.774. The molecule has 0 radical (unpaired) electrons.